The van der Waals surface area contributed by atoms with Gasteiger partial charge in [-0.15, -0.1) is 10.2 Å². The molecule has 17 heavy (non-hydrogen) atoms. The van der Waals surface area contributed by atoms with Gasteiger partial charge in [0.2, 0.25) is 5.89 Å². The molecule has 0 amide bonds. The van der Waals surface area contributed by atoms with Crippen molar-refractivity contribution in [2.45, 2.75) is 19.9 Å². The standard InChI is InChI=1S/C12H14FN3O/c1-7-4-5-9(10(13)6-7)12-16-15-11(17-12)8(2)14-3/h4-6,8,14H,1-3H3. The van der Waals surface area contributed by atoms with Gasteiger partial charge in [0.25, 0.3) is 5.89 Å². The minimum atomic E-state index is -0.350. The molecular weight excluding hydrogens is 221 g/mol. The Labute approximate surface area is 98.9 Å². The molecule has 0 radical (unpaired) electrons. The van der Waals surface area contributed by atoms with Gasteiger partial charge in [-0.3, -0.25) is 0 Å². The summed E-state index contributed by atoms with van der Waals surface area (Å²) in [4.78, 5) is 0. The van der Waals surface area contributed by atoms with Crippen molar-refractivity contribution >= 4 is 0 Å². The Morgan fingerprint density at radius 2 is 2.12 bits per heavy atom. The maximum Gasteiger partial charge on any atom is 0.250 e. The molecule has 2 aromatic rings. The predicted octanol–water partition coefficient (Wildman–Crippen LogP) is 2.46. The van der Waals surface area contributed by atoms with Gasteiger partial charge in [-0.25, -0.2) is 4.39 Å². The Hall–Kier alpha value is -1.75. The summed E-state index contributed by atoms with van der Waals surface area (Å²) in [5, 5.41) is 10.7. The van der Waals surface area contributed by atoms with E-state index in [2.05, 4.69) is 15.5 Å². The average Bonchev–Trinajstić information content (AvgIpc) is 2.77. The van der Waals surface area contributed by atoms with E-state index in [0.29, 0.717) is 11.5 Å². The second-order valence-corrected chi connectivity index (χ2v) is 3.94. The molecule has 1 atom stereocenters. The molecule has 0 fully saturated rings. The molecule has 1 aromatic heterocycles. The Morgan fingerprint density at radius 3 is 2.76 bits per heavy atom. The van der Waals surface area contributed by atoms with Crippen LogP contribution in [-0.4, -0.2) is 17.2 Å². The van der Waals surface area contributed by atoms with Gasteiger partial charge >= 0.3 is 0 Å². The lowest BCUT2D eigenvalue weighted by Crippen LogP contribution is -2.12. The summed E-state index contributed by atoms with van der Waals surface area (Å²) in [6.07, 6.45) is 0. The molecule has 0 spiro atoms. The zero-order chi connectivity index (χ0) is 12.4. The Bertz CT molecular complexity index is 524. The molecule has 0 saturated heterocycles. The molecule has 0 aliphatic carbocycles. The van der Waals surface area contributed by atoms with Gasteiger partial charge in [0.1, 0.15) is 5.82 Å². The highest BCUT2D eigenvalue weighted by Gasteiger charge is 2.15. The van der Waals surface area contributed by atoms with Crippen LogP contribution in [0, 0.1) is 12.7 Å². The number of nitrogens with zero attached hydrogens (tertiary/aromatic N) is 2. The van der Waals surface area contributed by atoms with E-state index in [9.17, 15) is 4.39 Å². The summed E-state index contributed by atoms with van der Waals surface area (Å²) in [6.45, 7) is 3.72. The van der Waals surface area contributed by atoms with Crippen LogP contribution in [0.15, 0.2) is 22.6 Å². The minimum absolute atomic E-state index is 0.0511. The highest BCUT2D eigenvalue weighted by atomic mass is 19.1. The highest BCUT2D eigenvalue weighted by Crippen LogP contribution is 2.23. The lowest BCUT2D eigenvalue weighted by molar-refractivity contribution is 0.439. The summed E-state index contributed by atoms with van der Waals surface area (Å²) in [6, 6.07) is 4.85. The highest BCUT2D eigenvalue weighted by molar-refractivity contribution is 5.54. The van der Waals surface area contributed by atoms with Crippen molar-refractivity contribution in [2.75, 3.05) is 7.05 Å². The summed E-state index contributed by atoms with van der Waals surface area (Å²) in [5.74, 6) is 0.305. The molecule has 1 heterocycles. The fourth-order valence-corrected chi connectivity index (χ4v) is 1.44. The van der Waals surface area contributed by atoms with Crippen LogP contribution in [0.4, 0.5) is 4.39 Å². The first-order valence-electron chi connectivity index (χ1n) is 5.39. The molecule has 2 rings (SSSR count). The predicted molar refractivity (Wildman–Crippen MR) is 61.9 cm³/mol. The first-order valence-corrected chi connectivity index (χ1v) is 5.39. The topological polar surface area (TPSA) is 51.0 Å². The van der Waals surface area contributed by atoms with E-state index in [1.54, 1.807) is 13.1 Å². The molecule has 0 saturated carbocycles. The van der Waals surface area contributed by atoms with E-state index in [0.717, 1.165) is 5.56 Å². The quantitative estimate of drug-likeness (QED) is 0.887. The van der Waals surface area contributed by atoms with Gasteiger partial charge in [-0.05, 0) is 38.6 Å². The Kier molecular flexibility index (Phi) is 3.19. The van der Waals surface area contributed by atoms with Crippen LogP contribution >= 0.6 is 0 Å². The fraction of sp³-hybridized carbons (Fsp3) is 0.333. The van der Waals surface area contributed by atoms with Crippen molar-refractivity contribution in [3.8, 4) is 11.5 Å². The van der Waals surface area contributed by atoms with Crippen LogP contribution in [0.5, 0.6) is 0 Å². The van der Waals surface area contributed by atoms with Gasteiger partial charge in [-0.1, -0.05) is 6.07 Å². The normalized spacial score (nSPS) is 12.7. The maximum atomic E-state index is 13.7. The third-order valence-corrected chi connectivity index (χ3v) is 2.60. The number of benzene rings is 1. The van der Waals surface area contributed by atoms with E-state index >= 15 is 0 Å². The number of rotatable bonds is 3. The van der Waals surface area contributed by atoms with Crippen molar-refractivity contribution in [1.82, 2.24) is 15.5 Å². The fourth-order valence-electron chi connectivity index (χ4n) is 1.44. The molecule has 0 aliphatic heterocycles. The van der Waals surface area contributed by atoms with E-state index < -0.39 is 0 Å². The first kappa shape index (κ1) is 11.7. The number of hydrogen-bond donors (Lipinski definition) is 1. The van der Waals surface area contributed by atoms with Crippen molar-refractivity contribution in [3.05, 3.63) is 35.5 Å². The molecule has 1 N–H and O–H groups in total. The molecule has 0 bridgehead atoms. The van der Waals surface area contributed by atoms with Crippen LogP contribution in [0.2, 0.25) is 0 Å². The van der Waals surface area contributed by atoms with Crippen molar-refractivity contribution in [2.24, 2.45) is 0 Å². The van der Waals surface area contributed by atoms with Crippen LogP contribution in [-0.2, 0) is 0 Å². The van der Waals surface area contributed by atoms with Crippen LogP contribution in [0.3, 0.4) is 0 Å². The first-order chi connectivity index (χ1) is 8.11. The van der Waals surface area contributed by atoms with Gasteiger partial charge in [-0.2, -0.15) is 0 Å². The van der Waals surface area contributed by atoms with Crippen LogP contribution < -0.4 is 5.32 Å². The Morgan fingerprint density at radius 1 is 1.35 bits per heavy atom. The maximum absolute atomic E-state index is 13.7. The van der Waals surface area contributed by atoms with E-state index in [4.69, 9.17) is 4.42 Å². The van der Waals surface area contributed by atoms with Crippen LogP contribution in [0.1, 0.15) is 24.4 Å². The third-order valence-electron chi connectivity index (χ3n) is 2.60. The summed E-state index contributed by atoms with van der Waals surface area (Å²) in [5.41, 5.74) is 1.19. The monoisotopic (exact) mass is 235 g/mol. The molecule has 0 aliphatic rings. The number of hydrogen-bond acceptors (Lipinski definition) is 4. The largest absolute Gasteiger partial charge is 0.419 e. The number of halogens is 1. The number of nitrogens with one attached hydrogen (secondary N) is 1. The lowest BCUT2D eigenvalue weighted by Gasteiger charge is -2.02. The lowest BCUT2D eigenvalue weighted by atomic mass is 10.1. The summed E-state index contributed by atoms with van der Waals surface area (Å²) >= 11 is 0. The molecule has 4 nitrogen and oxygen atoms in total. The second kappa shape index (κ2) is 4.63. The zero-order valence-corrected chi connectivity index (χ0v) is 9.99. The molecule has 5 heteroatoms. The molecule has 90 valence electrons. The zero-order valence-electron chi connectivity index (χ0n) is 9.99. The van der Waals surface area contributed by atoms with E-state index in [1.807, 2.05) is 19.9 Å². The van der Waals surface area contributed by atoms with Crippen molar-refractivity contribution in [3.63, 3.8) is 0 Å². The molecular formula is C12H14FN3O. The van der Waals surface area contributed by atoms with E-state index in [-0.39, 0.29) is 17.7 Å². The second-order valence-electron chi connectivity index (χ2n) is 3.94. The van der Waals surface area contributed by atoms with Gasteiger partial charge in [0.15, 0.2) is 0 Å². The smallest absolute Gasteiger partial charge is 0.250 e. The minimum Gasteiger partial charge on any atom is -0.419 e. The van der Waals surface area contributed by atoms with Crippen molar-refractivity contribution < 1.29 is 8.81 Å². The third kappa shape index (κ3) is 2.34. The number of aryl methyl sites for hydroxylation is 1. The molecule has 1 aromatic carbocycles. The van der Waals surface area contributed by atoms with E-state index in [1.165, 1.54) is 6.07 Å². The molecule has 1 unspecified atom stereocenters. The Balaban J connectivity index is 2.37. The SMILES string of the molecule is CNC(C)c1nnc(-c2ccc(C)cc2F)o1. The average molecular weight is 235 g/mol. The number of aromatic nitrogens is 2. The van der Waals surface area contributed by atoms with Gasteiger partial charge < -0.3 is 9.73 Å². The summed E-state index contributed by atoms with van der Waals surface area (Å²) < 4.78 is 19.1. The van der Waals surface area contributed by atoms with Gasteiger partial charge in [0, 0.05) is 0 Å². The van der Waals surface area contributed by atoms with Crippen molar-refractivity contribution in [1.29, 1.82) is 0 Å². The van der Waals surface area contributed by atoms with Gasteiger partial charge in [0.05, 0.1) is 11.6 Å². The van der Waals surface area contributed by atoms with Crippen LogP contribution in [0.25, 0.3) is 11.5 Å². The summed E-state index contributed by atoms with van der Waals surface area (Å²) in [7, 11) is 1.79.